The zero-order valence-electron chi connectivity index (χ0n) is 10.3. The lowest BCUT2D eigenvalue weighted by molar-refractivity contribution is 0.415. The molecule has 2 N–H and O–H groups in total. The first-order chi connectivity index (χ1) is 9.58. The molecular formula is C11H10N4O3S2. The summed E-state index contributed by atoms with van der Waals surface area (Å²) in [4.78, 5) is 10.5. The van der Waals surface area contributed by atoms with E-state index in [0.29, 0.717) is 16.4 Å². The molecule has 104 valence electrons. The van der Waals surface area contributed by atoms with Crippen LogP contribution in [0.15, 0.2) is 35.7 Å². The third kappa shape index (κ3) is 2.32. The van der Waals surface area contributed by atoms with Gasteiger partial charge in [0.05, 0.1) is 29.9 Å². The summed E-state index contributed by atoms with van der Waals surface area (Å²) in [7, 11) is -2.11. The molecule has 0 spiro atoms. The van der Waals surface area contributed by atoms with Crippen molar-refractivity contribution in [3.63, 3.8) is 0 Å². The summed E-state index contributed by atoms with van der Waals surface area (Å²) in [6.07, 6.45) is 2.54. The number of benzene rings is 1. The highest BCUT2D eigenvalue weighted by atomic mass is 32.2. The molecule has 0 aliphatic carbocycles. The number of hydrogen-bond acceptors (Lipinski definition) is 6. The Morgan fingerprint density at radius 3 is 2.95 bits per heavy atom. The van der Waals surface area contributed by atoms with Gasteiger partial charge in [-0.3, -0.25) is 4.72 Å². The van der Waals surface area contributed by atoms with Gasteiger partial charge in [0.2, 0.25) is 0 Å². The zero-order valence-corrected chi connectivity index (χ0v) is 12.0. The van der Waals surface area contributed by atoms with Gasteiger partial charge >= 0.3 is 0 Å². The molecule has 0 saturated heterocycles. The van der Waals surface area contributed by atoms with Gasteiger partial charge in [-0.2, -0.15) is 8.42 Å². The second-order valence-corrected chi connectivity index (χ2v) is 6.56. The summed E-state index contributed by atoms with van der Waals surface area (Å²) >= 11 is 1.24. The van der Waals surface area contributed by atoms with E-state index in [4.69, 9.17) is 4.74 Å². The van der Waals surface area contributed by atoms with E-state index in [1.165, 1.54) is 23.9 Å². The molecule has 0 fully saturated rings. The van der Waals surface area contributed by atoms with Crippen molar-refractivity contribution in [3.8, 4) is 5.75 Å². The van der Waals surface area contributed by atoms with E-state index < -0.39 is 10.0 Å². The number of methoxy groups -OCH3 is 1. The lowest BCUT2D eigenvalue weighted by Crippen LogP contribution is -2.12. The smallest absolute Gasteiger partial charge is 0.280 e. The number of sulfonamides is 1. The van der Waals surface area contributed by atoms with Gasteiger partial charge in [-0.1, -0.05) is 11.3 Å². The zero-order chi connectivity index (χ0) is 14.2. The predicted octanol–water partition coefficient (Wildman–Crippen LogP) is 1.83. The Kier molecular flexibility index (Phi) is 3.07. The average molecular weight is 310 g/mol. The number of ether oxygens (including phenoxy) is 1. The number of nitrogens with zero attached hydrogens (tertiary/aromatic N) is 2. The van der Waals surface area contributed by atoms with Crippen LogP contribution >= 0.6 is 11.3 Å². The van der Waals surface area contributed by atoms with Crippen molar-refractivity contribution in [1.82, 2.24) is 15.0 Å². The van der Waals surface area contributed by atoms with Crippen LogP contribution in [-0.4, -0.2) is 30.5 Å². The van der Waals surface area contributed by atoms with Crippen LogP contribution in [0.1, 0.15) is 0 Å². The van der Waals surface area contributed by atoms with Gasteiger partial charge in [0, 0.05) is 0 Å². The Bertz CT molecular complexity index is 840. The number of imidazole rings is 1. The number of nitrogens with one attached hydrogen (secondary N) is 2. The van der Waals surface area contributed by atoms with Gasteiger partial charge < -0.3 is 9.72 Å². The Hall–Kier alpha value is -2.13. The van der Waals surface area contributed by atoms with Crippen LogP contribution in [0.2, 0.25) is 0 Å². The lowest BCUT2D eigenvalue weighted by Gasteiger charge is -2.00. The largest absolute Gasteiger partial charge is 0.497 e. The van der Waals surface area contributed by atoms with Gasteiger partial charge in [-0.25, -0.2) is 9.97 Å². The predicted molar refractivity (Wildman–Crippen MR) is 75.6 cm³/mol. The van der Waals surface area contributed by atoms with Crippen LogP contribution in [0.4, 0.5) is 5.13 Å². The number of H-pyrrole nitrogens is 1. The molecule has 2 aromatic heterocycles. The highest BCUT2D eigenvalue weighted by Gasteiger charge is 2.17. The van der Waals surface area contributed by atoms with Crippen molar-refractivity contribution in [3.05, 3.63) is 30.7 Å². The van der Waals surface area contributed by atoms with Crippen LogP contribution in [0.5, 0.6) is 5.75 Å². The molecule has 9 heteroatoms. The third-order valence-corrected chi connectivity index (χ3v) is 4.91. The Morgan fingerprint density at radius 1 is 1.40 bits per heavy atom. The Morgan fingerprint density at radius 2 is 2.25 bits per heavy atom. The van der Waals surface area contributed by atoms with Crippen molar-refractivity contribution in [2.24, 2.45) is 0 Å². The lowest BCUT2D eigenvalue weighted by atomic mass is 10.3. The summed E-state index contributed by atoms with van der Waals surface area (Å²) in [6, 6.07) is 5.36. The first-order valence-corrected chi connectivity index (χ1v) is 7.84. The molecule has 0 atom stereocenters. The Labute approximate surface area is 118 Å². The first-order valence-electron chi connectivity index (χ1n) is 5.54. The molecule has 0 unspecified atom stereocenters. The van der Waals surface area contributed by atoms with E-state index in [-0.39, 0.29) is 5.03 Å². The van der Waals surface area contributed by atoms with Gasteiger partial charge in [0.15, 0.2) is 10.2 Å². The topological polar surface area (TPSA) is 97.0 Å². The van der Waals surface area contributed by atoms with E-state index in [0.717, 1.165) is 4.70 Å². The maximum Gasteiger partial charge on any atom is 0.280 e. The fraction of sp³-hybridized carbons (Fsp3) is 0.0909. The number of rotatable bonds is 4. The van der Waals surface area contributed by atoms with Crippen LogP contribution in [0.3, 0.4) is 0 Å². The fourth-order valence-electron chi connectivity index (χ4n) is 1.64. The molecular weight excluding hydrogens is 300 g/mol. The average Bonchev–Trinajstić information content (AvgIpc) is 3.06. The van der Waals surface area contributed by atoms with E-state index in [1.807, 2.05) is 0 Å². The minimum absolute atomic E-state index is 0.00524. The van der Waals surface area contributed by atoms with Gasteiger partial charge in [-0.05, 0) is 18.2 Å². The molecule has 2 heterocycles. The van der Waals surface area contributed by atoms with Crippen LogP contribution in [-0.2, 0) is 10.0 Å². The summed E-state index contributed by atoms with van der Waals surface area (Å²) in [5.41, 5.74) is 0.707. The molecule has 0 saturated carbocycles. The Balaban J connectivity index is 1.95. The number of aromatic amines is 1. The quantitative estimate of drug-likeness (QED) is 0.766. The maximum atomic E-state index is 12.0. The van der Waals surface area contributed by atoms with Crippen molar-refractivity contribution < 1.29 is 13.2 Å². The number of aromatic nitrogens is 3. The number of hydrogen-bond donors (Lipinski definition) is 2. The second-order valence-electron chi connectivity index (χ2n) is 3.87. The van der Waals surface area contributed by atoms with Crippen LogP contribution in [0, 0.1) is 0 Å². The maximum absolute atomic E-state index is 12.0. The van der Waals surface area contributed by atoms with Crippen LogP contribution in [0.25, 0.3) is 10.2 Å². The minimum Gasteiger partial charge on any atom is -0.497 e. The van der Waals surface area contributed by atoms with Crippen molar-refractivity contribution in [1.29, 1.82) is 0 Å². The van der Waals surface area contributed by atoms with Crippen molar-refractivity contribution in [2.45, 2.75) is 5.03 Å². The summed E-state index contributed by atoms with van der Waals surface area (Å²) in [5, 5.41) is 0.289. The molecule has 0 aliphatic rings. The van der Waals surface area contributed by atoms with Gasteiger partial charge in [0.25, 0.3) is 10.0 Å². The number of anilines is 1. The number of thiazole rings is 1. The van der Waals surface area contributed by atoms with Gasteiger partial charge in [0.1, 0.15) is 5.75 Å². The second kappa shape index (κ2) is 4.76. The standard InChI is InChI=1S/C11H10N4O3S2/c1-18-7-2-3-8-9(4-7)19-11(14-8)15-20(16,17)10-5-12-6-13-10/h2-6H,1H3,(H,12,13)(H,14,15). The minimum atomic E-state index is -3.68. The van der Waals surface area contributed by atoms with E-state index >= 15 is 0 Å². The third-order valence-electron chi connectivity index (χ3n) is 2.58. The van der Waals surface area contributed by atoms with Crippen LogP contribution < -0.4 is 9.46 Å². The monoisotopic (exact) mass is 310 g/mol. The summed E-state index contributed by atoms with van der Waals surface area (Å²) in [6.45, 7) is 0. The van der Waals surface area contributed by atoms with Crippen molar-refractivity contribution in [2.75, 3.05) is 11.8 Å². The highest BCUT2D eigenvalue weighted by Crippen LogP contribution is 2.30. The molecule has 0 bridgehead atoms. The summed E-state index contributed by atoms with van der Waals surface area (Å²) in [5.74, 6) is 0.698. The first kappa shape index (κ1) is 12.9. The van der Waals surface area contributed by atoms with E-state index in [2.05, 4.69) is 19.7 Å². The molecule has 0 radical (unpaired) electrons. The molecule has 0 amide bonds. The highest BCUT2D eigenvalue weighted by molar-refractivity contribution is 7.92. The molecule has 7 nitrogen and oxygen atoms in total. The number of fused-ring (bicyclic) bond motifs is 1. The van der Waals surface area contributed by atoms with E-state index in [9.17, 15) is 8.42 Å². The summed E-state index contributed by atoms with van der Waals surface area (Å²) < 4.78 is 32.4. The molecule has 20 heavy (non-hydrogen) atoms. The molecule has 1 aromatic carbocycles. The molecule has 3 rings (SSSR count). The fourth-order valence-corrected chi connectivity index (χ4v) is 3.67. The SMILES string of the molecule is COc1ccc2nc(NS(=O)(=O)c3cnc[nH]3)sc2c1. The van der Waals surface area contributed by atoms with E-state index in [1.54, 1.807) is 25.3 Å². The van der Waals surface area contributed by atoms with Crippen molar-refractivity contribution >= 4 is 36.7 Å². The molecule has 0 aliphatic heterocycles. The normalized spacial score (nSPS) is 11.7. The molecule has 3 aromatic rings. The van der Waals surface area contributed by atoms with Gasteiger partial charge in [-0.15, -0.1) is 0 Å².